The third kappa shape index (κ3) is 3.84. The number of aromatic nitrogens is 2. The zero-order valence-corrected chi connectivity index (χ0v) is 17.9. The first-order valence-electron chi connectivity index (χ1n) is 10.0. The van der Waals surface area contributed by atoms with E-state index in [1.165, 1.54) is 0 Å². The zero-order valence-electron chi connectivity index (χ0n) is 17.9. The molecular weight excluding hydrogens is 394 g/mol. The van der Waals surface area contributed by atoms with Crippen LogP contribution in [0.4, 0.5) is 5.69 Å². The van der Waals surface area contributed by atoms with Gasteiger partial charge in [-0.25, -0.2) is 9.36 Å². The lowest BCUT2D eigenvalue weighted by Gasteiger charge is -2.15. The predicted octanol–water partition coefficient (Wildman–Crippen LogP) is 2.35. The molecule has 3 N–H and O–H groups in total. The zero-order chi connectivity index (χ0) is 22.3. The molecule has 0 fully saturated rings. The summed E-state index contributed by atoms with van der Waals surface area (Å²) in [6.45, 7) is 3.81. The van der Waals surface area contributed by atoms with Gasteiger partial charge in [0.25, 0.3) is 5.56 Å². The van der Waals surface area contributed by atoms with Gasteiger partial charge in [0.05, 0.1) is 17.4 Å². The quantitative estimate of drug-likeness (QED) is 0.602. The molecule has 0 bridgehead atoms. The van der Waals surface area contributed by atoms with Crippen LogP contribution in [-0.4, -0.2) is 34.5 Å². The van der Waals surface area contributed by atoms with E-state index in [4.69, 9.17) is 0 Å². The molecule has 0 saturated carbocycles. The average molecular weight is 419 g/mol. The first-order chi connectivity index (χ1) is 14.7. The largest absolute Gasteiger partial charge is 0.493 e. The van der Waals surface area contributed by atoms with Crippen molar-refractivity contribution in [1.82, 2.24) is 15.0 Å². The molecule has 2 aromatic carbocycles. The first kappa shape index (κ1) is 20.5. The number of aryl methyl sites for hydroxylation is 2. The maximum atomic E-state index is 12.6. The molecule has 8 nitrogen and oxygen atoms in total. The Balaban J connectivity index is 1.70. The highest BCUT2D eigenvalue weighted by molar-refractivity contribution is 6.03. The van der Waals surface area contributed by atoms with Crippen molar-refractivity contribution < 1.29 is 5.11 Å². The van der Waals surface area contributed by atoms with Crippen molar-refractivity contribution >= 4 is 11.4 Å². The van der Waals surface area contributed by atoms with Crippen LogP contribution >= 0.6 is 0 Å². The maximum absolute atomic E-state index is 12.6. The Bertz CT molecular complexity index is 1270. The molecule has 0 aliphatic carbocycles. The van der Waals surface area contributed by atoms with Crippen LogP contribution in [0.2, 0.25) is 0 Å². The van der Waals surface area contributed by atoms with Crippen molar-refractivity contribution in [1.29, 1.82) is 0 Å². The second-order valence-electron chi connectivity index (χ2n) is 8.07. The van der Waals surface area contributed by atoms with Crippen molar-refractivity contribution in [2.75, 3.05) is 19.0 Å². The fourth-order valence-electron chi connectivity index (χ4n) is 3.90. The Hall–Kier alpha value is -3.81. The Labute approximate surface area is 179 Å². The smallest absolute Gasteiger partial charge is 0.335 e. The highest BCUT2D eigenvalue weighted by Crippen LogP contribution is 2.28. The van der Waals surface area contributed by atoms with E-state index in [1.807, 2.05) is 63.2 Å². The summed E-state index contributed by atoms with van der Waals surface area (Å²) in [5, 5.41) is 15.2. The molecule has 3 aromatic rings. The van der Waals surface area contributed by atoms with Gasteiger partial charge in [-0.05, 0) is 54.8 Å². The predicted molar refractivity (Wildman–Crippen MR) is 122 cm³/mol. The van der Waals surface area contributed by atoms with Crippen LogP contribution in [0.15, 0.2) is 57.2 Å². The highest BCUT2D eigenvalue weighted by Gasteiger charge is 2.27. The van der Waals surface area contributed by atoms with Crippen LogP contribution in [0, 0.1) is 13.8 Å². The Morgan fingerprint density at radius 2 is 1.71 bits per heavy atom. The van der Waals surface area contributed by atoms with E-state index >= 15 is 0 Å². The molecule has 0 saturated heterocycles. The fraction of sp³-hybridized carbons (Fsp3) is 0.261. The number of aromatic amines is 1. The Morgan fingerprint density at radius 1 is 1.06 bits per heavy atom. The van der Waals surface area contributed by atoms with Crippen molar-refractivity contribution in [2.45, 2.75) is 26.3 Å². The normalized spacial score (nSPS) is 15.5. The molecule has 0 amide bonds. The minimum absolute atomic E-state index is 0.00123. The molecule has 4 rings (SSSR count). The lowest BCUT2D eigenvalue weighted by Crippen LogP contribution is -2.33. The SMILES string of the molecule is Cc1cc(C)cc(-n2c(O)c(C3=NNC(c4ccc(N(C)C)cc4)C3)c(=O)[nH]c2=O)c1. The van der Waals surface area contributed by atoms with E-state index in [-0.39, 0.29) is 11.6 Å². The monoisotopic (exact) mass is 419 g/mol. The lowest BCUT2D eigenvalue weighted by atomic mass is 9.99. The Morgan fingerprint density at radius 3 is 2.32 bits per heavy atom. The van der Waals surface area contributed by atoms with Crippen LogP contribution in [0.3, 0.4) is 0 Å². The molecule has 0 spiro atoms. The lowest BCUT2D eigenvalue weighted by molar-refractivity contribution is 0.429. The molecule has 1 aromatic heterocycles. The van der Waals surface area contributed by atoms with Crippen LogP contribution in [0.25, 0.3) is 5.69 Å². The number of hydrogen-bond acceptors (Lipinski definition) is 6. The van der Waals surface area contributed by atoms with Crippen molar-refractivity contribution in [2.24, 2.45) is 5.10 Å². The van der Waals surface area contributed by atoms with Crippen LogP contribution < -0.4 is 21.6 Å². The van der Waals surface area contributed by atoms with Gasteiger partial charge >= 0.3 is 5.69 Å². The van der Waals surface area contributed by atoms with E-state index in [9.17, 15) is 14.7 Å². The number of nitrogens with zero attached hydrogens (tertiary/aromatic N) is 3. The third-order valence-electron chi connectivity index (χ3n) is 5.40. The summed E-state index contributed by atoms with van der Waals surface area (Å²) in [5.74, 6) is -0.414. The summed E-state index contributed by atoms with van der Waals surface area (Å²) in [5.41, 5.74) is 6.55. The number of anilines is 1. The van der Waals surface area contributed by atoms with Crippen molar-refractivity contribution in [3.63, 3.8) is 0 Å². The summed E-state index contributed by atoms with van der Waals surface area (Å²) < 4.78 is 1.11. The summed E-state index contributed by atoms with van der Waals surface area (Å²) in [6, 6.07) is 13.4. The number of aromatic hydroxyl groups is 1. The molecule has 31 heavy (non-hydrogen) atoms. The molecule has 160 valence electrons. The molecule has 8 heteroatoms. The average Bonchev–Trinajstić information content (AvgIpc) is 3.16. The Kier molecular flexibility index (Phi) is 5.14. The molecule has 2 heterocycles. The number of benzene rings is 2. The van der Waals surface area contributed by atoms with E-state index in [1.54, 1.807) is 12.1 Å². The van der Waals surface area contributed by atoms with Gasteiger partial charge in [0.2, 0.25) is 5.88 Å². The van der Waals surface area contributed by atoms with Gasteiger partial charge in [0.15, 0.2) is 0 Å². The van der Waals surface area contributed by atoms with E-state index in [0.717, 1.165) is 26.9 Å². The number of hydrazone groups is 1. The topological polar surface area (TPSA) is 103 Å². The van der Waals surface area contributed by atoms with Gasteiger partial charge in [-0.2, -0.15) is 5.10 Å². The molecule has 1 aliphatic rings. The molecular formula is C23H25N5O3. The van der Waals surface area contributed by atoms with Gasteiger partial charge in [-0.3, -0.25) is 9.78 Å². The van der Waals surface area contributed by atoms with Crippen LogP contribution in [-0.2, 0) is 0 Å². The van der Waals surface area contributed by atoms with E-state index < -0.39 is 17.1 Å². The third-order valence-corrected chi connectivity index (χ3v) is 5.40. The number of hydrogen-bond donors (Lipinski definition) is 3. The summed E-state index contributed by atoms with van der Waals surface area (Å²) in [6.07, 6.45) is 0.406. The number of nitrogens with one attached hydrogen (secondary N) is 2. The fourth-order valence-corrected chi connectivity index (χ4v) is 3.90. The molecule has 1 aliphatic heterocycles. The van der Waals surface area contributed by atoms with Crippen molar-refractivity contribution in [3.05, 3.63) is 85.6 Å². The maximum Gasteiger partial charge on any atom is 0.335 e. The van der Waals surface area contributed by atoms with Gasteiger partial charge in [-0.1, -0.05) is 18.2 Å². The summed E-state index contributed by atoms with van der Waals surface area (Å²) in [7, 11) is 3.95. The number of H-pyrrole nitrogens is 1. The second kappa shape index (κ2) is 7.79. The number of rotatable bonds is 4. The van der Waals surface area contributed by atoms with Crippen LogP contribution in [0.5, 0.6) is 5.88 Å². The summed E-state index contributed by atoms with van der Waals surface area (Å²) >= 11 is 0. The minimum atomic E-state index is -0.696. The standard InChI is InChI=1S/C23H25N5O3/c1-13-9-14(2)11-17(10-13)28-22(30)20(21(29)24-23(28)31)19-12-18(25-26-19)15-5-7-16(8-6-15)27(3)4/h5-11,18,25,30H,12H2,1-4H3,(H,24,29,31). The second-order valence-corrected chi connectivity index (χ2v) is 8.07. The van der Waals surface area contributed by atoms with Crippen LogP contribution in [0.1, 0.15) is 34.7 Å². The van der Waals surface area contributed by atoms with E-state index in [2.05, 4.69) is 15.5 Å². The van der Waals surface area contributed by atoms with Gasteiger partial charge in [0.1, 0.15) is 5.56 Å². The molecule has 1 unspecified atom stereocenters. The minimum Gasteiger partial charge on any atom is -0.493 e. The first-order valence-corrected chi connectivity index (χ1v) is 10.0. The van der Waals surface area contributed by atoms with Gasteiger partial charge < -0.3 is 15.4 Å². The van der Waals surface area contributed by atoms with Gasteiger partial charge in [-0.15, -0.1) is 0 Å². The van der Waals surface area contributed by atoms with E-state index in [0.29, 0.717) is 17.8 Å². The van der Waals surface area contributed by atoms with Crippen molar-refractivity contribution in [3.8, 4) is 11.6 Å². The molecule has 0 radical (unpaired) electrons. The molecule has 1 atom stereocenters. The van der Waals surface area contributed by atoms with Gasteiger partial charge in [0, 0.05) is 26.2 Å². The summed E-state index contributed by atoms with van der Waals surface area (Å²) in [4.78, 5) is 29.4. The highest BCUT2D eigenvalue weighted by atomic mass is 16.3.